The molecule has 0 fully saturated rings. The van der Waals surface area contributed by atoms with Crippen molar-refractivity contribution in [2.24, 2.45) is 5.92 Å². The Morgan fingerprint density at radius 2 is 1.79 bits per heavy atom. The molecule has 0 heterocycles. The average molecular weight is 294 g/mol. The molecule has 0 spiro atoms. The summed E-state index contributed by atoms with van der Waals surface area (Å²) in [5, 5.41) is 7.72. The van der Waals surface area contributed by atoms with Gasteiger partial charge in [0.2, 0.25) is 0 Å². The summed E-state index contributed by atoms with van der Waals surface area (Å²) in [6.45, 7) is 0. The highest BCUT2D eigenvalue weighted by Crippen LogP contribution is 2.12. The van der Waals surface area contributed by atoms with Crippen LogP contribution in [0.1, 0.15) is 5.56 Å². The molecule has 2 nitrogen and oxygen atoms in total. The summed E-state index contributed by atoms with van der Waals surface area (Å²) in [6.07, 6.45) is 11.9. The van der Waals surface area contributed by atoms with Crippen LogP contribution in [0.25, 0.3) is 6.08 Å². The lowest BCUT2D eigenvalue weighted by Crippen LogP contribution is -2.07. The van der Waals surface area contributed by atoms with Crippen molar-refractivity contribution >= 4 is 39.7 Å². The van der Waals surface area contributed by atoms with E-state index in [4.69, 9.17) is 10.2 Å². The van der Waals surface area contributed by atoms with Gasteiger partial charge in [0.05, 0.1) is 0 Å². The number of hydrogen-bond acceptors (Lipinski definition) is 2. The molecular weight excluding hydrogens is 281 g/mol. The molecule has 1 aromatic rings. The highest BCUT2D eigenvalue weighted by Gasteiger charge is 2.06. The number of hydrogen-bond donors (Lipinski definition) is 1. The van der Waals surface area contributed by atoms with Gasteiger partial charge in [0.25, 0.3) is 0 Å². The summed E-state index contributed by atoms with van der Waals surface area (Å²) >= 11 is 8.80. The van der Waals surface area contributed by atoms with E-state index in [-0.39, 0.29) is 5.92 Å². The third-order valence-corrected chi connectivity index (χ3v) is 2.36. The highest BCUT2D eigenvalue weighted by atomic mass is 35.5. The molecule has 1 unspecified atom stereocenters. The molecule has 1 aromatic carbocycles. The predicted molar refractivity (Wildman–Crippen MR) is 82.1 cm³/mol. The molecule has 1 aliphatic carbocycles. The SMILES string of the molecule is N=C1C=CC=CC1/C=C/c1ccccc1.O=C(Cl)Cl. The zero-order valence-electron chi connectivity index (χ0n) is 10.1. The van der Waals surface area contributed by atoms with Crippen LogP contribution < -0.4 is 0 Å². The normalized spacial score (nSPS) is 17.2. The van der Waals surface area contributed by atoms with E-state index in [0.29, 0.717) is 5.71 Å². The fourth-order valence-corrected chi connectivity index (χ4v) is 1.50. The summed E-state index contributed by atoms with van der Waals surface area (Å²) in [6, 6.07) is 10.1. The first-order valence-corrected chi connectivity index (χ1v) is 6.36. The lowest BCUT2D eigenvalue weighted by atomic mass is 9.97. The van der Waals surface area contributed by atoms with Crippen LogP contribution in [0.2, 0.25) is 0 Å². The number of allylic oxidation sites excluding steroid dienone is 5. The summed E-state index contributed by atoms with van der Waals surface area (Å²) in [5.41, 5.74) is 1.82. The molecule has 1 atom stereocenters. The third-order valence-electron chi connectivity index (χ3n) is 2.36. The standard InChI is InChI=1S/C14H13N.CCl2O/c15-14-9-5-4-8-13(14)11-10-12-6-2-1-3-7-12;2-1(3)4/h1-11,13,15H;/b11-10+,15-14?;. The van der Waals surface area contributed by atoms with Crippen molar-refractivity contribution < 1.29 is 4.79 Å². The van der Waals surface area contributed by atoms with Gasteiger partial charge in [-0.15, -0.1) is 0 Å². The maximum Gasteiger partial charge on any atom is 0.313 e. The van der Waals surface area contributed by atoms with Crippen molar-refractivity contribution in [2.75, 3.05) is 0 Å². The quantitative estimate of drug-likeness (QED) is 0.762. The Labute approximate surface area is 122 Å². The van der Waals surface area contributed by atoms with Gasteiger partial charge >= 0.3 is 4.70 Å². The second-order valence-corrected chi connectivity index (χ2v) is 4.60. The molecule has 0 aliphatic heterocycles. The Hall–Kier alpha value is -1.64. The first-order valence-electron chi connectivity index (χ1n) is 5.61. The van der Waals surface area contributed by atoms with Gasteiger partial charge in [0.15, 0.2) is 0 Å². The summed E-state index contributed by atoms with van der Waals surface area (Å²) in [7, 11) is 0. The average Bonchev–Trinajstić information content (AvgIpc) is 2.38. The van der Waals surface area contributed by atoms with Gasteiger partial charge in [0, 0.05) is 11.6 Å². The second-order valence-electron chi connectivity index (χ2n) is 3.72. The number of rotatable bonds is 2. The van der Waals surface area contributed by atoms with E-state index < -0.39 is 4.70 Å². The van der Waals surface area contributed by atoms with E-state index in [9.17, 15) is 0 Å². The van der Waals surface area contributed by atoms with Crippen LogP contribution in [0.15, 0.2) is 60.7 Å². The minimum Gasteiger partial charge on any atom is -0.304 e. The molecule has 0 saturated heterocycles. The molecule has 0 saturated carbocycles. The summed E-state index contributed by atoms with van der Waals surface area (Å²) < 4.78 is -0.889. The Kier molecular flexibility index (Phi) is 6.86. The summed E-state index contributed by atoms with van der Waals surface area (Å²) in [4.78, 5) is 8.98. The van der Waals surface area contributed by atoms with Gasteiger partial charge < -0.3 is 5.41 Å². The second kappa shape index (κ2) is 8.46. The van der Waals surface area contributed by atoms with Gasteiger partial charge in [-0.2, -0.15) is 0 Å². The number of carbonyl (C=O) groups is 1. The van der Waals surface area contributed by atoms with Crippen molar-refractivity contribution in [3.8, 4) is 0 Å². The van der Waals surface area contributed by atoms with E-state index >= 15 is 0 Å². The van der Waals surface area contributed by atoms with Crippen LogP contribution in [0.5, 0.6) is 0 Å². The maximum absolute atomic E-state index is 8.98. The van der Waals surface area contributed by atoms with Crippen LogP contribution in [-0.4, -0.2) is 10.4 Å². The highest BCUT2D eigenvalue weighted by molar-refractivity contribution is 6.93. The van der Waals surface area contributed by atoms with Crippen LogP contribution in [0.3, 0.4) is 0 Å². The van der Waals surface area contributed by atoms with Crippen molar-refractivity contribution in [3.05, 3.63) is 66.3 Å². The first kappa shape index (κ1) is 15.4. The predicted octanol–water partition coefficient (Wildman–Crippen LogP) is 5.05. The summed E-state index contributed by atoms with van der Waals surface area (Å²) in [5.74, 6) is 0.121. The molecule has 0 bridgehead atoms. The van der Waals surface area contributed by atoms with Gasteiger partial charge in [-0.05, 0) is 34.8 Å². The Bertz CT molecular complexity index is 514. The van der Waals surface area contributed by atoms with Crippen LogP contribution >= 0.6 is 23.2 Å². The van der Waals surface area contributed by atoms with Gasteiger partial charge in [0.1, 0.15) is 0 Å². The van der Waals surface area contributed by atoms with Gasteiger partial charge in [-0.3, -0.25) is 4.79 Å². The largest absolute Gasteiger partial charge is 0.313 e. The molecular formula is C15H13Cl2NO. The minimum absolute atomic E-state index is 0.121. The maximum atomic E-state index is 8.98. The van der Waals surface area contributed by atoms with Gasteiger partial charge in [-0.1, -0.05) is 60.7 Å². The van der Waals surface area contributed by atoms with E-state index in [1.807, 2.05) is 42.5 Å². The molecule has 19 heavy (non-hydrogen) atoms. The van der Waals surface area contributed by atoms with Crippen LogP contribution in [-0.2, 0) is 0 Å². The number of halogens is 2. The minimum atomic E-state index is -0.889. The van der Waals surface area contributed by atoms with Crippen molar-refractivity contribution in [1.29, 1.82) is 5.41 Å². The van der Waals surface area contributed by atoms with Crippen molar-refractivity contribution in [2.45, 2.75) is 0 Å². The van der Waals surface area contributed by atoms with Crippen molar-refractivity contribution in [3.63, 3.8) is 0 Å². The molecule has 1 aliphatic rings. The van der Waals surface area contributed by atoms with Crippen LogP contribution in [0.4, 0.5) is 4.79 Å². The number of benzene rings is 1. The molecule has 0 radical (unpaired) electrons. The Morgan fingerprint density at radius 1 is 1.16 bits per heavy atom. The molecule has 1 N–H and O–H groups in total. The lowest BCUT2D eigenvalue weighted by Gasteiger charge is -2.08. The fraction of sp³-hybridized carbons (Fsp3) is 0.0667. The first-order chi connectivity index (χ1) is 9.09. The molecule has 4 heteroatoms. The van der Waals surface area contributed by atoms with Gasteiger partial charge in [-0.25, -0.2) is 0 Å². The molecule has 0 amide bonds. The van der Waals surface area contributed by atoms with Crippen molar-refractivity contribution in [1.82, 2.24) is 0 Å². The van der Waals surface area contributed by atoms with Crippen LogP contribution in [0, 0.1) is 11.3 Å². The lowest BCUT2D eigenvalue weighted by molar-refractivity contribution is 0.275. The fourth-order valence-electron chi connectivity index (χ4n) is 1.50. The van der Waals surface area contributed by atoms with E-state index in [1.54, 1.807) is 0 Å². The molecule has 2 rings (SSSR count). The zero-order chi connectivity index (χ0) is 14.1. The Morgan fingerprint density at radius 3 is 2.37 bits per heavy atom. The van der Waals surface area contributed by atoms with E-state index in [1.165, 1.54) is 5.56 Å². The van der Waals surface area contributed by atoms with E-state index in [2.05, 4.69) is 47.5 Å². The monoisotopic (exact) mass is 293 g/mol. The smallest absolute Gasteiger partial charge is 0.304 e. The number of carbonyl (C=O) groups excluding carboxylic acids is 1. The number of nitrogens with one attached hydrogen (secondary N) is 1. The third kappa shape index (κ3) is 6.75. The Balaban J connectivity index is 0.000000399. The molecule has 98 valence electrons. The zero-order valence-corrected chi connectivity index (χ0v) is 11.6. The molecule has 0 aromatic heterocycles. The topological polar surface area (TPSA) is 40.9 Å². The van der Waals surface area contributed by atoms with E-state index in [0.717, 1.165) is 0 Å².